The number of carbonyl (C=O) groups is 1. The Morgan fingerprint density at radius 1 is 1.38 bits per heavy atom. The van der Waals surface area contributed by atoms with Gasteiger partial charge in [0.05, 0.1) is 11.5 Å². The second-order valence-electron chi connectivity index (χ2n) is 4.81. The molecule has 1 rings (SSSR count). The second-order valence-corrected chi connectivity index (χ2v) is 6.83. The Bertz CT molecular complexity index is 607. The van der Waals surface area contributed by atoms with E-state index < -0.39 is 21.3 Å². The molecule has 0 radical (unpaired) electrons. The van der Waals surface area contributed by atoms with Crippen LogP contribution in [-0.2, 0) is 24.9 Å². The Morgan fingerprint density at radius 2 is 1.95 bits per heavy atom. The fourth-order valence-electron chi connectivity index (χ4n) is 1.88. The molecule has 1 atom stereocenters. The van der Waals surface area contributed by atoms with Crippen LogP contribution in [0.4, 0.5) is 0 Å². The Hall–Kier alpha value is -1.66. The lowest BCUT2D eigenvalue weighted by Gasteiger charge is -2.28. The third-order valence-electron chi connectivity index (χ3n) is 3.14. The highest BCUT2D eigenvalue weighted by Gasteiger charge is 2.36. The lowest BCUT2D eigenvalue weighted by atomic mass is 9.92. The van der Waals surface area contributed by atoms with Crippen LogP contribution in [0, 0.1) is 0 Å². The average Bonchev–Trinajstić information content (AvgIpc) is 2.44. The fourth-order valence-corrected chi connectivity index (χ4v) is 2.51. The number of hydrogen-bond donors (Lipinski definition) is 1. The maximum absolute atomic E-state index is 12.2. The summed E-state index contributed by atoms with van der Waals surface area (Å²) >= 11 is 0. The second kappa shape index (κ2) is 6.87. The molecule has 0 bridgehead atoms. The molecule has 5 nitrogen and oxygen atoms in total. The number of rotatable bonds is 7. The van der Waals surface area contributed by atoms with E-state index in [9.17, 15) is 13.2 Å². The van der Waals surface area contributed by atoms with Gasteiger partial charge in [-0.05, 0) is 31.5 Å². The number of nitrogens with one attached hydrogen (secondary N) is 1. The Balaban J connectivity index is 3.20. The first-order chi connectivity index (χ1) is 9.75. The van der Waals surface area contributed by atoms with Gasteiger partial charge < -0.3 is 4.74 Å². The highest BCUT2D eigenvalue weighted by Crippen LogP contribution is 2.24. The smallest absolute Gasteiger partial charge is 0.330 e. The summed E-state index contributed by atoms with van der Waals surface area (Å²) in [7, 11) is -3.27. The van der Waals surface area contributed by atoms with E-state index in [1.165, 1.54) is 12.1 Å². The summed E-state index contributed by atoms with van der Waals surface area (Å²) in [6.45, 7) is 7.74. The van der Waals surface area contributed by atoms with Gasteiger partial charge in [-0.1, -0.05) is 18.2 Å². The zero-order valence-corrected chi connectivity index (χ0v) is 13.4. The highest BCUT2D eigenvalue weighted by atomic mass is 32.2. The molecule has 0 amide bonds. The van der Waals surface area contributed by atoms with Gasteiger partial charge in [-0.25, -0.2) is 13.2 Å². The molecule has 0 aliphatic carbocycles. The molecule has 1 N–H and O–H groups in total. The van der Waals surface area contributed by atoms with Crippen LogP contribution in [0.5, 0.6) is 0 Å². The third kappa shape index (κ3) is 4.15. The average molecular weight is 311 g/mol. The largest absolute Gasteiger partial charge is 0.464 e. The van der Waals surface area contributed by atoms with Crippen molar-refractivity contribution < 1.29 is 17.9 Å². The topological polar surface area (TPSA) is 72.5 Å². The van der Waals surface area contributed by atoms with Gasteiger partial charge in [-0.2, -0.15) is 0 Å². The lowest BCUT2D eigenvalue weighted by Crippen LogP contribution is -2.47. The van der Waals surface area contributed by atoms with Crippen LogP contribution in [0.15, 0.2) is 41.8 Å². The highest BCUT2D eigenvalue weighted by molar-refractivity contribution is 7.90. The van der Waals surface area contributed by atoms with Crippen LogP contribution in [0.2, 0.25) is 0 Å². The molecule has 116 valence electrons. The van der Waals surface area contributed by atoms with Gasteiger partial charge in [0.15, 0.2) is 9.84 Å². The normalized spacial score (nSPS) is 14.2. The molecule has 0 saturated carbocycles. The maximum atomic E-state index is 12.2. The number of sulfone groups is 1. The van der Waals surface area contributed by atoms with Crippen LogP contribution < -0.4 is 5.32 Å². The van der Waals surface area contributed by atoms with Gasteiger partial charge in [0.1, 0.15) is 5.54 Å². The van der Waals surface area contributed by atoms with Crippen LogP contribution in [0.25, 0.3) is 0 Å². The van der Waals surface area contributed by atoms with E-state index in [-0.39, 0.29) is 11.5 Å². The molecule has 1 aromatic rings. The molecule has 0 spiro atoms. The molecule has 0 aliphatic rings. The van der Waals surface area contributed by atoms with E-state index >= 15 is 0 Å². The van der Waals surface area contributed by atoms with E-state index in [1.807, 2.05) is 0 Å². The van der Waals surface area contributed by atoms with Crippen molar-refractivity contribution in [3.8, 4) is 0 Å². The van der Waals surface area contributed by atoms with Crippen molar-refractivity contribution in [2.45, 2.75) is 24.3 Å². The summed E-state index contributed by atoms with van der Waals surface area (Å²) in [6.07, 6.45) is 2.78. The first kappa shape index (κ1) is 17.4. The first-order valence-corrected chi connectivity index (χ1v) is 8.48. The SMILES string of the molecule is C=CCNC(C)(C(=O)OCC)c1ccc(S(C)(=O)=O)cc1. The summed E-state index contributed by atoms with van der Waals surface area (Å²) in [6, 6.07) is 6.20. The van der Waals surface area contributed by atoms with Crippen molar-refractivity contribution in [3.63, 3.8) is 0 Å². The Kier molecular flexibility index (Phi) is 5.69. The fraction of sp³-hybridized carbons (Fsp3) is 0.400. The molecule has 0 fully saturated rings. The first-order valence-electron chi connectivity index (χ1n) is 6.59. The molecule has 1 unspecified atom stereocenters. The van der Waals surface area contributed by atoms with E-state index in [1.54, 1.807) is 32.1 Å². The van der Waals surface area contributed by atoms with Crippen molar-refractivity contribution in [2.24, 2.45) is 0 Å². The number of carbonyl (C=O) groups excluding carboxylic acids is 1. The zero-order valence-electron chi connectivity index (χ0n) is 12.5. The van der Waals surface area contributed by atoms with E-state index in [2.05, 4.69) is 11.9 Å². The van der Waals surface area contributed by atoms with Crippen molar-refractivity contribution in [2.75, 3.05) is 19.4 Å². The van der Waals surface area contributed by atoms with Crippen LogP contribution in [0.3, 0.4) is 0 Å². The minimum Gasteiger partial charge on any atom is -0.464 e. The molecule has 1 aromatic carbocycles. The van der Waals surface area contributed by atoms with E-state index in [0.29, 0.717) is 12.1 Å². The molecule has 0 aliphatic heterocycles. The maximum Gasteiger partial charge on any atom is 0.330 e. The zero-order chi connectivity index (χ0) is 16.1. The summed E-state index contributed by atoms with van der Waals surface area (Å²) in [4.78, 5) is 12.4. The number of hydrogen-bond acceptors (Lipinski definition) is 5. The van der Waals surface area contributed by atoms with E-state index in [4.69, 9.17) is 4.74 Å². The quantitative estimate of drug-likeness (QED) is 0.612. The minimum absolute atomic E-state index is 0.209. The van der Waals surface area contributed by atoms with Gasteiger partial charge in [0.2, 0.25) is 0 Å². The molecule has 0 saturated heterocycles. The van der Waals surface area contributed by atoms with Crippen molar-refractivity contribution in [1.29, 1.82) is 0 Å². The van der Waals surface area contributed by atoms with Crippen molar-refractivity contribution in [1.82, 2.24) is 5.32 Å². The van der Waals surface area contributed by atoms with Crippen LogP contribution >= 0.6 is 0 Å². The van der Waals surface area contributed by atoms with Crippen molar-refractivity contribution in [3.05, 3.63) is 42.5 Å². The molecule has 21 heavy (non-hydrogen) atoms. The van der Waals surface area contributed by atoms with Gasteiger partial charge in [-0.15, -0.1) is 6.58 Å². The van der Waals surface area contributed by atoms with E-state index in [0.717, 1.165) is 6.26 Å². The molecular formula is C15H21NO4S. The summed E-state index contributed by atoms with van der Waals surface area (Å²) in [5.74, 6) is -0.418. The molecular weight excluding hydrogens is 290 g/mol. The summed E-state index contributed by atoms with van der Waals surface area (Å²) in [5, 5.41) is 3.06. The Morgan fingerprint density at radius 3 is 2.38 bits per heavy atom. The summed E-state index contributed by atoms with van der Waals surface area (Å²) < 4.78 is 28.1. The standard InChI is InChI=1S/C15H21NO4S/c1-5-11-16-15(3,14(17)20-6-2)12-7-9-13(10-8-12)21(4,18)19/h5,7-10,16H,1,6,11H2,2-4H3. The molecule has 0 heterocycles. The molecule has 6 heteroatoms. The summed E-state index contributed by atoms with van der Waals surface area (Å²) in [5.41, 5.74) is -0.421. The number of ether oxygens (including phenoxy) is 1. The van der Waals surface area contributed by atoms with Crippen molar-refractivity contribution >= 4 is 15.8 Å². The minimum atomic E-state index is -3.27. The lowest BCUT2D eigenvalue weighted by molar-refractivity contribution is -0.150. The monoisotopic (exact) mass is 311 g/mol. The number of benzene rings is 1. The van der Waals surface area contributed by atoms with Crippen LogP contribution in [-0.4, -0.2) is 33.8 Å². The van der Waals surface area contributed by atoms with Gasteiger partial charge in [0.25, 0.3) is 0 Å². The van der Waals surface area contributed by atoms with Gasteiger partial charge in [0, 0.05) is 12.8 Å². The van der Waals surface area contributed by atoms with Crippen LogP contribution in [0.1, 0.15) is 19.4 Å². The Labute approximate surface area is 125 Å². The predicted molar refractivity (Wildman–Crippen MR) is 81.7 cm³/mol. The number of esters is 1. The molecule has 0 aromatic heterocycles. The van der Waals surface area contributed by atoms with Gasteiger partial charge in [-0.3, -0.25) is 5.32 Å². The third-order valence-corrected chi connectivity index (χ3v) is 4.27. The predicted octanol–water partition coefficient (Wildman–Crippen LogP) is 1.64. The van der Waals surface area contributed by atoms with Gasteiger partial charge >= 0.3 is 5.97 Å².